The van der Waals surface area contributed by atoms with Crippen LogP contribution in [0.2, 0.25) is 0 Å². The van der Waals surface area contributed by atoms with E-state index in [1.807, 2.05) is 59.9 Å². The molecule has 0 unspecified atom stereocenters. The second-order valence-corrected chi connectivity index (χ2v) is 18.9. The second kappa shape index (κ2) is 15.2. The lowest BCUT2D eigenvalue weighted by molar-refractivity contribution is 0.668. The summed E-state index contributed by atoms with van der Waals surface area (Å²) in [6.07, 6.45) is 0. The summed E-state index contributed by atoms with van der Waals surface area (Å²) < 4.78 is 17.9. The summed E-state index contributed by atoms with van der Waals surface area (Å²) in [4.78, 5) is 16.0. The fourth-order valence-corrected chi connectivity index (χ4v) is 11.9. The van der Waals surface area contributed by atoms with Crippen LogP contribution in [0.5, 0.6) is 0 Å². The topological polar surface area (TPSA) is 69.9 Å². The Balaban J connectivity index is 1.03. The Bertz CT molecular complexity index is 4410. The van der Waals surface area contributed by atoms with Crippen molar-refractivity contribution in [2.75, 3.05) is 0 Å². The van der Waals surface area contributed by atoms with Crippen LogP contribution in [0.25, 0.3) is 148 Å². The number of para-hydroxylation sites is 3. The Hall–Kier alpha value is -9.17. The number of nitrogens with zero attached hydrogens (tertiary/aromatic N) is 4. The number of fused-ring (bicyclic) bond motifs is 13. The summed E-state index contributed by atoms with van der Waals surface area (Å²) in [5, 5.41) is 9.15. The second-order valence-electron chi connectivity index (χ2n) is 17.9. The average Bonchev–Trinajstić information content (AvgIpc) is 4.19. The first-order valence-electron chi connectivity index (χ1n) is 23.4. The molecular formula is C63H36N4O2S. The molecule has 10 aromatic carbocycles. The summed E-state index contributed by atoms with van der Waals surface area (Å²) in [6.45, 7) is 0. The standard InChI is InChI=1S/C63H36N4O2S/c1-3-15-37(16-4-1)50-33-41(34-51(38-17-5-2-6-18-38)58(50)67-52-23-11-7-19-42(52)48-31-32-49-47-22-10-14-26-57(47)70-60(49)59(48)67)63-65-61(39-27-29-45-43-20-8-12-24-53(43)68-55(45)35-39)64-62(66-63)40-28-30-46-44-21-9-13-25-54(44)69-56(46)36-40/h1-36H. The van der Waals surface area contributed by atoms with Crippen molar-refractivity contribution in [1.82, 2.24) is 19.5 Å². The predicted molar refractivity (Wildman–Crippen MR) is 289 cm³/mol. The summed E-state index contributed by atoms with van der Waals surface area (Å²) in [5.41, 5.74) is 13.4. The molecule has 6 nitrogen and oxygen atoms in total. The highest BCUT2D eigenvalue weighted by atomic mass is 32.1. The zero-order chi connectivity index (χ0) is 45.9. The van der Waals surface area contributed by atoms with Crippen molar-refractivity contribution in [3.63, 3.8) is 0 Å². The first-order chi connectivity index (χ1) is 34.7. The van der Waals surface area contributed by atoms with Crippen LogP contribution in [-0.4, -0.2) is 19.5 Å². The molecule has 0 saturated carbocycles. The monoisotopic (exact) mass is 912 g/mol. The predicted octanol–water partition coefficient (Wildman–Crippen LogP) is 17.5. The van der Waals surface area contributed by atoms with E-state index in [0.717, 1.165) is 94.0 Å². The van der Waals surface area contributed by atoms with Crippen molar-refractivity contribution < 1.29 is 8.83 Å². The van der Waals surface area contributed by atoms with Crippen LogP contribution in [0.3, 0.4) is 0 Å². The van der Waals surface area contributed by atoms with Gasteiger partial charge in [0.2, 0.25) is 0 Å². The number of furan rings is 2. The first-order valence-corrected chi connectivity index (χ1v) is 24.2. The van der Waals surface area contributed by atoms with E-state index in [0.29, 0.717) is 17.5 Å². The third kappa shape index (κ3) is 5.95. The van der Waals surface area contributed by atoms with E-state index in [2.05, 4.69) is 174 Å². The number of thiophene rings is 1. The van der Waals surface area contributed by atoms with Gasteiger partial charge in [0.15, 0.2) is 17.5 Å². The van der Waals surface area contributed by atoms with E-state index < -0.39 is 0 Å². The minimum atomic E-state index is 0.535. The highest BCUT2D eigenvalue weighted by Gasteiger charge is 2.25. The number of rotatable bonds is 6. The zero-order valence-corrected chi connectivity index (χ0v) is 38.1. The molecule has 0 bridgehead atoms. The average molecular weight is 913 g/mol. The molecule has 5 heterocycles. The Kier molecular flexibility index (Phi) is 8.43. The largest absolute Gasteiger partial charge is 0.456 e. The number of hydrogen-bond acceptors (Lipinski definition) is 6. The maximum absolute atomic E-state index is 6.42. The van der Waals surface area contributed by atoms with Crippen molar-refractivity contribution in [3.8, 4) is 62.1 Å². The highest BCUT2D eigenvalue weighted by Crippen LogP contribution is 2.48. The van der Waals surface area contributed by atoms with E-state index in [-0.39, 0.29) is 0 Å². The lowest BCUT2D eigenvalue weighted by atomic mass is 9.92. The molecule has 0 saturated heterocycles. The normalized spacial score (nSPS) is 12.0. The minimum Gasteiger partial charge on any atom is -0.456 e. The van der Waals surface area contributed by atoms with Crippen LogP contribution in [0, 0.1) is 0 Å². The number of aromatic nitrogens is 4. The van der Waals surface area contributed by atoms with E-state index >= 15 is 0 Å². The lowest BCUT2D eigenvalue weighted by Crippen LogP contribution is -2.04. The summed E-state index contributed by atoms with van der Waals surface area (Å²) >= 11 is 1.86. The minimum absolute atomic E-state index is 0.535. The van der Waals surface area contributed by atoms with Crippen molar-refractivity contribution in [1.29, 1.82) is 0 Å². The Morgan fingerprint density at radius 1 is 0.329 bits per heavy atom. The van der Waals surface area contributed by atoms with Gasteiger partial charge in [-0.25, -0.2) is 15.0 Å². The molecule has 0 spiro atoms. The number of hydrogen-bond donors (Lipinski definition) is 0. The fraction of sp³-hybridized carbons (Fsp3) is 0. The molecule has 0 fully saturated rings. The van der Waals surface area contributed by atoms with E-state index in [4.69, 9.17) is 23.8 Å². The van der Waals surface area contributed by atoms with Gasteiger partial charge in [0.05, 0.1) is 21.4 Å². The third-order valence-corrected chi connectivity index (χ3v) is 15.0. The molecule has 0 aliphatic carbocycles. The molecule has 5 aromatic heterocycles. The summed E-state index contributed by atoms with van der Waals surface area (Å²) in [6, 6.07) is 76.9. The molecule has 326 valence electrons. The van der Waals surface area contributed by atoms with Crippen molar-refractivity contribution >= 4 is 97.2 Å². The molecule has 15 rings (SSSR count). The molecule has 0 atom stereocenters. The fourth-order valence-electron chi connectivity index (χ4n) is 10.6. The van der Waals surface area contributed by atoms with Gasteiger partial charge in [0, 0.05) is 75.6 Å². The molecule has 15 aromatic rings. The quantitative estimate of drug-likeness (QED) is 0.166. The molecule has 70 heavy (non-hydrogen) atoms. The van der Waals surface area contributed by atoms with Crippen LogP contribution in [0.4, 0.5) is 0 Å². The molecule has 0 aliphatic rings. The molecule has 7 heteroatoms. The van der Waals surface area contributed by atoms with Gasteiger partial charge < -0.3 is 13.4 Å². The Labute approximate surface area is 404 Å². The maximum atomic E-state index is 6.42. The van der Waals surface area contributed by atoms with Crippen molar-refractivity contribution in [2.45, 2.75) is 0 Å². The Morgan fingerprint density at radius 2 is 0.786 bits per heavy atom. The van der Waals surface area contributed by atoms with Gasteiger partial charge in [0.1, 0.15) is 22.3 Å². The van der Waals surface area contributed by atoms with Crippen LogP contribution in [0.1, 0.15) is 0 Å². The van der Waals surface area contributed by atoms with Crippen molar-refractivity contribution in [3.05, 3.63) is 218 Å². The molecule has 0 aliphatic heterocycles. The van der Waals surface area contributed by atoms with Crippen LogP contribution in [0.15, 0.2) is 227 Å². The van der Waals surface area contributed by atoms with Crippen molar-refractivity contribution in [2.24, 2.45) is 0 Å². The van der Waals surface area contributed by atoms with Gasteiger partial charge >= 0.3 is 0 Å². The van der Waals surface area contributed by atoms with E-state index in [1.165, 1.54) is 36.5 Å². The molecule has 0 N–H and O–H groups in total. The van der Waals surface area contributed by atoms with Crippen LogP contribution < -0.4 is 0 Å². The third-order valence-electron chi connectivity index (χ3n) is 13.9. The summed E-state index contributed by atoms with van der Waals surface area (Å²) in [7, 11) is 0. The SMILES string of the molecule is c1ccc(-c2cc(-c3nc(-c4ccc5c(c4)oc4ccccc45)nc(-c4ccc5c(c4)oc4ccccc45)n3)cc(-c3ccccc3)c2-n2c3ccccc3c3ccc4c5ccccc5sc4c32)cc1. The number of benzene rings is 10. The van der Waals surface area contributed by atoms with Gasteiger partial charge in [-0.05, 0) is 71.8 Å². The van der Waals surface area contributed by atoms with Gasteiger partial charge in [-0.1, -0.05) is 158 Å². The van der Waals surface area contributed by atoms with E-state index in [9.17, 15) is 0 Å². The van der Waals surface area contributed by atoms with Crippen LogP contribution in [-0.2, 0) is 0 Å². The molecule has 0 amide bonds. The zero-order valence-electron chi connectivity index (χ0n) is 37.3. The van der Waals surface area contributed by atoms with Gasteiger partial charge in [-0.2, -0.15) is 0 Å². The summed E-state index contributed by atoms with van der Waals surface area (Å²) in [5.74, 6) is 1.62. The van der Waals surface area contributed by atoms with Gasteiger partial charge in [0.25, 0.3) is 0 Å². The van der Waals surface area contributed by atoms with E-state index in [1.54, 1.807) is 0 Å². The molecule has 0 radical (unpaired) electrons. The first kappa shape index (κ1) is 38.9. The Morgan fingerprint density at radius 3 is 1.39 bits per heavy atom. The van der Waals surface area contributed by atoms with Crippen LogP contribution >= 0.6 is 11.3 Å². The lowest BCUT2D eigenvalue weighted by Gasteiger charge is -2.21. The van der Waals surface area contributed by atoms with Gasteiger partial charge in [-0.15, -0.1) is 11.3 Å². The maximum Gasteiger partial charge on any atom is 0.164 e. The molecular weight excluding hydrogens is 877 g/mol. The smallest absolute Gasteiger partial charge is 0.164 e. The highest BCUT2D eigenvalue weighted by molar-refractivity contribution is 7.26. The van der Waals surface area contributed by atoms with Gasteiger partial charge in [-0.3, -0.25) is 0 Å².